The Labute approximate surface area is 112 Å². The predicted octanol–water partition coefficient (Wildman–Crippen LogP) is 0.198. The second kappa shape index (κ2) is 5.86. The molecular formula is C12H27N3O2S. The van der Waals surface area contributed by atoms with Crippen LogP contribution in [0.2, 0.25) is 0 Å². The van der Waals surface area contributed by atoms with Crippen LogP contribution in [0.3, 0.4) is 0 Å². The number of rotatable bonds is 5. The zero-order valence-electron chi connectivity index (χ0n) is 12.2. The van der Waals surface area contributed by atoms with E-state index in [2.05, 4.69) is 31.0 Å². The van der Waals surface area contributed by atoms with Gasteiger partial charge in [0, 0.05) is 38.8 Å². The number of nitrogens with zero attached hydrogens (tertiary/aromatic N) is 2. The first-order valence-electron chi connectivity index (χ1n) is 6.51. The molecule has 0 amide bonds. The third-order valence-corrected chi connectivity index (χ3v) is 5.34. The van der Waals surface area contributed by atoms with Crippen molar-refractivity contribution in [3.8, 4) is 0 Å². The molecule has 0 radical (unpaired) electrons. The average molecular weight is 277 g/mol. The largest absolute Gasteiger partial charge is 0.317 e. The molecule has 1 N–H and O–H groups in total. The van der Waals surface area contributed by atoms with Crippen LogP contribution in [0.5, 0.6) is 0 Å². The maximum atomic E-state index is 11.4. The molecule has 1 rings (SSSR count). The Kier molecular flexibility index (Phi) is 5.17. The van der Waals surface area contributed by atoms with Crippen molar-refractivity contribution in [2.24, 2.45) is 5.41 Å². The van der Waals surface area contributed by atoms with E-state index in [1.807, 2.05) is 7.05 Å². The summed E-state index contributed by atoms with van der Waals surface area (Å²) in [4.78, 5) is 2.36. The molecule has 1 atom stereocenters. The van der Waals surface area contributed by atoms with Crippen molar-refractivity contribution in [3.63, 3.8) is 0 Å². The van der Waals surface area contributed by atoms with Gasteiger partial charge in [-0.25, -0.2) is 8.42 Å². The normalized spacial score (nSPS) is 22.1. The van der Waals surface area contributed by atoms with Crippen LogP contribution in [0.25, 0.3) is 0 Å². The molecule has 5 nitrogen and oxygen atoms in total. The van der Waals surface area contributed by atoms with E-state index in [9.17, 15) is 8.42 Å². The smallest absolute Gasteiger partial charge is 0.211 e. The van der Waals surface area contributed by atoms with Crippen molar-refractivity contribution in [1.29, 1.82) is 0 Å². The van der Waals surface area contributed by atoms with Crippen molar-refractivity contribution >= 4 is 10.0 Å². The minimum Gasteiger partial charge on any atom is -0.317 e. The fourth-order valence-electron chi connectivity index (χ4n) is 2.32. The maximum Gasteiger partial charge on any atom is 0.211 e. The van der Waals surface area contributed by atoms with Crippen molar-refractivity contribution < 1.29 is 8.42 Å². The molecule has 1 saturated heterocycles. The van der Waals surface area contributed by atoms with E-state index in [1.165, 1.54) is 6.26 Å². The van der Waals surface area contributed by atoms with Gasteiger partial charge in [-0.1, -0.05) is 13.8 Å². The summed E-state index contributed by atoms with van der Waals surface area (Å²) in [5.41, 5.74) is 0.183. The van der Waals surface area contributed by atoms with Gasteiger partial charge in [0.05, 0.1) is 6.26 Å². The topological polar surface area (TPSA) is 52.6 Å². The first-order valence-corrected chi connectivity index (χ1v) is 8.36. The zero-order valence-corrected chi connectivity index (χ0v) is 13.0. The van der Waals surface area contributed by atoms with E-state index in [0.717, 1.165) is 19.6 Å². The fourth-order valence-corrected chi connectivity index (χ4v) is 3.15. The average Bonchev–Trinajstić information content (AvgIpc) is 2.26. The molecule has 18 heavy (non-hydrogen) atoms. The van der Waals surface area contributed by atoms with Gasteiger partial charge in [0.2, 0.25) is 10.0 Å². The molecule has 108 valence electrons. The number of piperazine rings is 1. The lowest BCUT2D eigenvalue weighted by molar-refractivity contribution is 0.113. The van der Waals surface area contributed by atoms with Crippen LogP contribution in [0.15, 0.2) is 0 Å². The van der Waals surface area contributed by atoms with Crippen LogP contribution in [0.4, 0.5) is 0 Å². The lowest BCUT2D eigenvalue weighted by Gasteiger charge is -2.40. The zero-order chi connectivity index (χ0) is 14.0. The molecule has 0 aromatic carbocycles. The van der Waals surface area contributed by atoms with E-state index in [4.69, 9.17) is 0 Å². The van der Waals surface area contributed by atoms with Crippen LogP contribution in [-0.4, -0.2) is 69.7 Å². The van der Waals surface area contributed by atoms with Crippen molar-refractivity contribution in [2.45, 2.75) is 26.8 Å². The van der Waals surface area contributed by atoms with Gasteiger partial charge in [0.25, 0.3) is 0 Å². The lowest BCUT2D eigenvalue weighted by Crippen LogP contribution is -2.53. The first-order chi connectivity index (χ1) is 8.16. The van der Waals surface area contributed by atoms with Crippen LogP contribution < -0.4 is 5.32 Å². The molecule has 0 aliphatic carbocycles. The van der Waals surface area contributed by atoms with E-state index >= 15 is 0 Å². The standard InChI is InChI=1S/C12H27N3O2S/c1-11(13-4)12(2,3)10-14-6-8-15(9-7-14)18(5,16)17/h11,13H,6-10H2,1-5H3. The molecule has 0 saturated carbocycles. The van der Waals surface area contributed by atoms with Gasteiger partial charge in [0.15, 0.2) is 0 Å². The van der Waals surface area contributed by atoms with Gasteiger partial charge < -0.3 is 10.2 Å². The summed E-state index contributed by atoms with van der Waals surface area (Å²) in [6.45, 7) is 10.6. The van der Waals surface area contributed by atoms with Gasteiger partial charge >= 0.3 is 0 Å². The van der Waals surface area contributed by atoms with Gasteiger partial charge in [-0.3, -0.25) is 0 Å². The minimum atomic E-state index is -3.02. The summed E-state index contributed by atoms with van der Waals surface area (Å²) in [6.07, 6.45) is 1.29. The van der Waals surface area contributed by atoms with Gasteiger partial charge in [-0.15, -0.1) is 0 Å². The number of sulfonamides is 1. The molecule has 0 aromatic heterocycles. The van der Waals surface area contributed by atoms with E-state index < -0.39 is 10.0 Å². The number of hydrogen-bond acceptors (Lipinski definition) is 4. The molecule has 1 unspecified atom stereocenters. The third-order valence-electron chi connectivity index (χ3n) is 4.04. The Morgan fingerprint density at radius 1 is 1.22 bits per heavy atom. The maximum absolute atomic E-state index is 11.4. The first kappa shape index (κ1) is 15.9. The summed E-state index contributed by atoms with van der Waals surface area (Å²) in [5, 5.41) is 3.29. The molecule has 6 heteroatoms. The summed E-state index contributed by atoms with van der Waals surface area (Å²) in [5.74, 6) is 0. The second-order valence-electron chi connectivity index (χ2n) is 5.94. The SMILES string of the molecule is CNC(C)C(C)(C)CN1CCN(S(C)(=O)=O)CC1. The molecule has 1 fully saturated rings. The molecule has 1 aliphatic heterocycles. The second-order valence-corrected chi connectivity index (χ2v) is 7.92. The quantitative estimate of drug-likeness (QED) is 0.780. The van der Waals surface area contributed by atoms with Crippen LogP contribution in [0, 0.1) is 5.41 Å². The third kappa shape index (κ3) is 4.19. The Morgan fingerprint density at radius 3 is 2.11 bits per heavy atom. The van der Waals surface area contributed by atoms with Crippen molar-refractivity contribution in [2.75, 3.05) is 46.0 Å². The summed E-state index contributed by atoms with van der Waals surface area (Å²) < 4.78 is 24.4. The molecule has 0 aromatic rings. The Morgan fingerprint density at radius 2 is 1.72 bits per heavy atom. The minimum absolute atomic E-state index is 0.183. The molecule has 1 heterocycles. The van der Waals surface area contributed by atoms with Gasteiger partial charge in [0.1, 0.15) is 0 Å². The van der Waals surface area contributed by atoms with Crippen molar-refractivity contribution in [1.82, 2.24) is 14.5 Å². The van der Waals surface area contributed by atoms with Gasteiger partial charge in [-0.2, -0.15) is 4.31 Å². The Bertz CT molecular complexity index is 360. The lowest BCUT2D eigenvalue weighted by atomic mass is 9.84. The molecular weight excluding hydrogens is 250 g/mol. The molecule has 0 bridgehead atoms. The fraction of sp³-hybridized carbons (Fsp3) is 1.00. The van der Waals surface area contributed by atoms with Crippen LogP contribution in [-0.2, 0) is 10.0 Å². The van der Waals surface area contributed by atoms with Crippen LogP contribution in [0.1, 0.15) is 20.8 Å². The summed E-state index contributed by atoms with van der Waals surface area (Å²) >= 11 is 0. The van der Waals surface area contributed by atoms with Crippen LogP contribution >= 0.6 is 0 Å². The monoisotopic (exact) mass is 277 g/mol. The summed E-state index contributed by atoms with van der Waals surface area (Å²) in [7, 11) is -1.04. The highest BCUT2D eigenvalue weighted by atomic mass is 32.2. The van der Waals surface area contributed by atoms with E-state index in [0.29, 0.717) is 19.1 Å². The molecule has 1 aliphatic rings. The Hall–Kier alpha value is -0.170. The van der Waals surface area contributed by atoms with E-state index in [-0.39, 0.29) is 5.41 Å². The Balaban J connectivity index is 2.50. The highest BCUT2D eigenvalue weighted by molar-refractivity contribution is 7.88. The van der Waals surface area contributed by atoms with Crippen molar-refractivity contribution in [3.05, 3.63) is 0 Å². The highest BCUT2D eigenvalue weighted by Crippen LogP contribution is 2.22. The highest BCUT2D eigenvalue weighted by Gasteiger charge is 2.30. The van der Waals surface area contributed by atoms with Gasteiger partial charge in [-0.05, 0) is 19.4 Å². The number of nitrogens with one attached hydrogen (secondary N) is 1. The molecule has 0 spiro atoms. The van der Waals surface area contributed by atoms with E-state index in [1.54, 1.807) is 4.31 Å². The predicted molar refractivity (Wildman–Crippen MR) is 75.2 cm³/mol. The summed E-state index contributed by atoms with van der Waals surface area (Å²) in [6, 6.07) is 0.436. The number of hydrogen-bond donors (Lipinski definition) is 1.